The summed E-state index contributed by atoms with van der Waals surface area (Å²) >= 11 is 9.31. The molecule has 0 aliphatic heterocycles. The number of carbonyl (C=O) groups is 1. The van der Waals surface area contributed by atoms with Gasteiger partial charge in [0.15, 0.2) is 0 Å². The van der Waals surface area contributed by atoms with Crippen molar-refractivity contribution in [2.75, 3.05) is 17.7 Å². The number of nitrogens with two attached hydrogens (primary N) is 1. The molecule has 2 rings (SSSR count). The fourth-order valence-corrected chi connectivity index (χ4v) is 2.50. The third-order valence-electron chi connectivity index (χ3n) is 3.09. The molecule has 0 heterocycles. The summed E-state index contributed by atoms with van der Waals surface area (Å²) in [5.74, 6) is -0.140. The van der Waals surface area contributed by atoms with Crippen LogP contribution < -0.4 is 10.6 Å². The van der Waals surface area contributed by atoms with E-state index in [2.05, 4.69) is 15.9 Å². The maximum atomic E-state index is 12.6. The lowest BCUT2D eigenvalue weighted by atomic mass is 10.1. The number of aryl methyl sites for hydroxylation is 1. The standard InChI is InChI=1S/C15H14BrClN2O/c1-9-3-5-11(17)8-12(9)15(20)19(2)14-6-4-10(16)7-13(14)18/h3-8H,18H2,1-2H3. The summed E-state index contributed by atoms with van der Waals surface area (Å²) < 4.78 is 0.874. The summed E-state index contributed by atoms with van der Waals surface area (Å²) in [5.41, 5.74) is 8.61. The molecular formula is C15H14BrClN2O. The Labute approximate surface area is 131 Å². The van der Waals surface area contributed by atoms with Crippen molar-refractivity contribution in [2.45, 2.75) is 6.92 Å². The summed E-state index contributed by atoms with van der Waals surface area (Å²) in [7, 11) is 1.70. The predicted octanol–water partition coefficient (Wildman–Crippen LogP) is 4.27. The number of rotatable bonds is 2. The lowest BCUT2D eigenvalue weighted by Crippen LogP contribution is -2.27. The molecule has 0 unspecified atom stereocenters. The molecule has 20 heavy (non-hydrogen) atoms. The second-order valence-corrected chi connectivity index (χ2v) is 5.88. The van der Waals surface area contributed by atoms with Crippen molar-refractivity contribution in [1.29, 1.82) is 0 Å². The Morgan fingerprint density at radius 3 is 2.60 bits per heavy atom. The molecule has 0 fully saturated rings. The highest BCUT2D eigenvalue weighted by Crippen LogP contribution is 2.28. The topological polar surface area (TPSA) is 46.3 Å². The number of carbonyl (C=O) groups excluding carboxylic acids is 1. The highest BCUT2D eigenvalue weighted by atomic mass is 79.9. The summed E-state index contributed by atoms with van der Waals surface area (Å²) in [6.07, 6.45) is 0. The van der Waals surface area contributed by atoms with Gasteiger partial charge < -0.3 is 10.6 Å². The Morgan fingerprint density at radius 2 is 1.95 bits per heavy atom. The molecule has 104 valence electrons. The molecule has 0 bridgehead atoms. The second-order valence-electron chi connectivity index (χ2n) is 4.53. The van der Waals surface area contributed by atoms with Crippen LogP contribution in [-0.2, 0) is 0 Å². The minimum atomic E-state index is -0.140. The van der Waals surface area contributed by atoms with E-state index in [0.29, 0.717) is 22.0 Å². The van der Waals surface area contributed by atoms with Gasteiger partial charge in [0.25, 0.3) is 5.91 Å². The van der Waals surface area contributed by atoms with Crippen molar-refractivity contribution >= 4 is 44.8 Å². The fourth-order valence-electron chi connectivity index (χ4n) is 1.95. The summed E-state index contributed by atoms with van der Waals surface area (Å²) in [4.78, 5) is 14.1. The lowest BCUT2D eigenvalue weighted by Gasteiger charge is -2.20. The molecule has 0 aliphatic rings. The van der Waals surface area contributed by atoms with Crippen LogP contribution in [0.1, 0.15) is 15.9 Å². The van der Waals surface area contributed by atoms with E-state index in [0.717, 1.165) is 10.0 Å². The van der Waals surface area contributed by atoms with Crippen LogP contribution in [0.5, 0.6) is 0 Å². The van der Waals surface area contributed by atoms with E-state index in [-0.39, 0.29) is 5.91 Å². The zero-order chi connectivity index (χ0) is 14.9. The van der Waals surface area contributed by atoms with Crippen LogP contribution in [0.2, 0.25) is 5.02 Å². The van der Waals surface area contributed by atoms with E-state index < -0.39 is 0 Å². The van der Waals surface area contributed by atoms with Gasteiger partial charge in [-0.3, -0.25) is 4.79 Å². The van der Waals surface area contributed by atoms with Gasteiger partial charge in [0.05, 0.1) is 11.4 Å². The molecule has 0 saturated carbocycles. The molecule has 0 saturated heterocycles. The first-order valence-corrected chi connectivity index (χ1v) is 7.16. The van der Waals surface area contributed by atoms with Crippen molar-refractivity contribution < 1.29 is 4.79 Å². The smallest absolute Gasteiger partial charge is 0.258 e. The highest BCUT2D eigenvalue weighted by molar-refractivity contribution is 9.10. The molecular weight excluding hydrogens is 340 g/mol. The van der Waals surface area contributed by atoms with Crippen molar-refractivity contribution in [3.05, 3.63) is 57.0 Å². The zero-order valence-electron chi connectivity index (χ0n) is 11.2. The van der Waals surface area contributed by atoms with Gasteiger partial charge in [-0.05, 0) is 42.8 Å². The van der Waals surface area contributed by atoms with Crippen molar-refractivity contribution in [2.24, 2.45) is 0 Å². The van der Waals surface area contributed by atoms with Gasteiger partial charge in [-0.1, -0.05) is 33.6 Å². The molecule has 0 aromatic heterocycles. The van der Waals surface area contributed by atoms with Gasteiger partial charge in [0.2, 0.25) is 0 Å². The van der Waals surface area contributed by atoms with E-state index in [1.54, 1.807) is 31.3 Å². The molecule has 2 N–H and O–H groups in total. The first kappa shape index (κ1) is 14.9. The number of benzene rings is 2. The van der Waals surface area contributed by atoms with Crippen LogP contribution in [0.25, 0.3) is 0 Å². The van der Waals surface area contributed by atoms with Crippen LogP contribution in [0.15, 0.2) is 40.9 Å². The molecule has 2 aromatic carbocycles. The van der Waals surface area contributed by atoms with E-state index in [1.165, 1.54) is 4.90 Å². The second kappa shape index (κ2) is 5.85. The summed E-state index contributed by atoms with van der Waals surface area (Å²) in [5, 5.41) is 0.538. The number of nitrogens with zero attached hydrogens (tertiary/aromatic N) is 1. The Hall–Kier alpha value is -1.52. The minimum absolute atomic E-state index is 0.140. The Morgan fingerprint density at radius 1 is 1.25 bits per heavy atom. The van der Waals surface area contributed by atoms with Gasteiger partial charge >= 0.3 is 0 Å². The van der Waals surface area contributed by atoms with E-state index >= 15 is 0 Å². The van der Waals surface area contributed by atoms with E-state index in [9.17, 15) is 4.79 Å². The predicted molar refractivity (Wildman–Crippen MR) is 87.5 cm³/mol. The molecule has 3 nitrogen and oxygen atoms in total. The molecule has 0 spiro atoms. The average molecular weight is 354 g/mol. The first-order chi connectivity index (χ1) is 9.40. The number of hydrogen-bond donors (Lipinski definition) is 1. The number of halogens is 2. The third-order valence-corrected chi connectivity index (χ3v) is 3.81. The minimum Gasteiger partial charge on any atom is -0.397 e. The van der Waals surface area contributed by atoms with Gasteiger partial charge in [-0.15, -0.1) is 0 Å². The van der Waals surface area contributed by atoms with Gasteiger partial charge in [0, 0.05) is 22.1 Å². The van der Waals surface area contributed by atoms with E-state index in [4.69, 9.17) is 17.3 Å². The molecule has 0 atom stereocenters. The average Bonchev–Trinajstić information content (AvgIpc) is 2.40. The van der Waals surface area contributed by atoms with Crippen LogP contribution in [0, 0.1) is 6.92 Å². The first-order valence-electron chi connectivity index (χ1n) is 5.99. The quantitative estimate of drug-likeness (QED) is 0.820. The Balaban J connectivity index is 2.40. The Bertz CT molecular complexity index is 673. The van der Waals surface area contributed by atoms with E-state index in [1.807, 2.05) is 19.1 Å². The van der Waals surface area contributed by atoms with Gasteiger partial charge in [-0.25, -0.2) is 0 Å². The number of amides is 1. The molecule has 1 amide bonds. The summed E-state index contributed by atoms with van der Waals surface area (Å²) in [6, 6.07) is 10.7. The monoisotopic (exact) mass is 352 g/mol. The maximum absolute atomic E-state index is 12.6. The molecule has 0 radical (unpaired) electrons. The van der Waals surface area contributed by atoms with Gasteiger partial charge in [0.1, 0.15) is 0 Å². The fraction of sp³-hybridized carbons (Fsp3) is 0.133. The number of anilines is 2. The molecule has 5 heteroatoms. The van der Waals surface area contributed by atoms with Crippen LogP contribution in [-0.4, -0.2) is 13.0 Å². The normalized spacial score (nSPS) is 10.4. The van der Waals surface area contributed by atoms with Crippen LogP contribution in [0.4, 0.5) is 11.4 Å². The highest BCUT2D eigenvalue weighted by Gasteiger charge is 2.17. The van der Waals surface area contributed by atoms with Gasteiger partial charge in [-0.2, -0.15) is 0 Å². The molecule has 2 aromatic rings. The molecule has 0 aliphatic carbocycles. The van der Waals surface area contributed by atoms with Crippen molar-refractivity contribution in [1.82, 2.24) is 0 Å². The maximum Gasteiger partial charge on any atom is 0.258 e. The summed E-state index contributed by atoms with van der Waals surface area (Å²) in [6.45, 7) is 1.88. The Kier molecular flexibility index (Phi) is 4.35. The SMILES string of the molecule is Cc1ccc(Cl)cc1C(=O)N(C)c1ccc(Br)cc1N. The van der Waals surface area contributed by atoms with Crippen LogP contribution in [0.3, 0.4) is 0 Å². The zero-order valence-corrected chi connectivity index (χ0v) is 13.5. The van der Waals surface area contributed by atoms with Crippen LogP contribution >= 0.6 is 27.5 Å². The number of hydrogen-bond acceptors (Lipinski definition) is 2. The number of nitrogen functional groups attached to an aromatic ring is 1. The lowest BCUT2D eigenvalue weighted by molar-refractivity contribution is 0.0992. The van der Waals surface area contributed by atoms with Crippen molar-refractivity contribution in [3.8, 4) is 0 Å². The third kappa shape index (κ3) is 2.97. The largest absolute Gasteiger partial charge is 0.397 e. The van der Waals surface area contributed by atoms with Crippen molar-refractivity contribution in [3.63, 3.8) is 0 Å².